The molecular weight excluding hydrogens is 178 g/mol. The number of hydrogen-bond acceptors (Lipinski definition) is 2. The lowest BCUT2D eigenvalue weighted by molar-refractivity contribution is 0.241. The van der Waals surface area contributed by atoms with E-state index < -0.39 is 0 Å². The largest absolute Gasteiger partial charge is 0.304 e. The molecule has 0 aliphatic rings. The van der Waals surface area contributed by atoms with E-state index in [1.807, 2.05) is 0 Å². The van der Waals surface area contributed by atoms with Crippen molar-refractivity contribution in [3.8, 4) is 0 Å². The van der Waals surface area contributed by atoms with Crippen LogP contribution in [0.5, 0.6) is 0 Å². The van der Waals surface area contributed by atoms with Crippen LogP contribution in [0.3, 0.4) is 0 Å². The van der Waals surface area contributed by atoms with Crippen LogP contribution < -0.4 is 0 Å². The van der Waals surface area contributed by atoms with Gasteiger partial charge in [0.25, 0.3) is 0 Å². The second kappa shape index (κ2) is 8.89. The Balaban J connectivity index is 3.76. The first-order valence-corrected chi connectivity index (χ1v) is 6.24. The van der Waals surface area contributed by atoms with Gasteiger partial charge in [-0.25, -0.2) is 0 Å². The third kappa shape index (κ3) is 6.39. The summed E-state index contributed by atoms with van der Waals surface area (Å²) in [6.07, 6.45) is 3.93. The van der Waals surface area contributed by atoms with E-state index in [1.165, 1.54) is 38.9 Å². The first kappa shape index (κ1) is 13.3. The molecule has 0 saturated heterocycles. The van der Waals surface area contributed by atoms with Gasteiger partial charge in [0.15, 0.2) is 0 Å². The smallest absolute Gasteiger partial charge is 0.000972 e. The van der Waals surface area contributed by atoms with E-state index in [0.717, 1.165) is 11.7 Å². The highest BCUT2D eigenvalue weighted by Gasteiger charge is 2.10. The number of rotatable bonds is 8. The Morgan fingerprint density at radius 2 is 1.69 bits per heavy atom. The SMILES string of the molecule is CCCC(CCS)CN(CC)CC. The van der Waals surface area contributed by atoms with Crippen molar-refractivity contribution in [2.45, 2.75) is 40.0 Å². The van der Waals surface area contributed by atoms with Crippen molar-refractivity contribution in [1.82, 2.24) is 4.90 Å². The highest BCUT2D eigenvalue weighted by atomic mass is 32.1. The standard InChI is InChI=1S/C11H25NS/c1-4-7-11(8-9-13)10-12(5-2)6-3/h11,13H,4-10H2,1-3H3. The molecule has 0 aliphatic carbocycles. The highest BCUT2D eigenvalue weighted by molar-refractivity contribution is 7.80. The molecule has 0 radical (unpaired) electrons. The Hall–Kier alpha value is 0.310. The summed E-state index contributed by atoms with van der Waals surface area (Å²) in [7, 11) is 0. The molecular formula is C11H25NS. The van der Waals surface area contributed by atoms with Crippen LogP contribution in [0.25, 0.3) is 0 Å². The van der Waals surface area contributed by atoms with Crippen molar-refractivity contribution in [2.24, 2.45) is 5.92 Å². The molecule has 0 spiro atoms. The molecule has 0 saturated carbocycles. The van der Waals surface area contributed by atoms with Crippen LogP contribution in [0.1, 0.15) is 40.0 Å². The van der Waals surface area contributed by atoms with Crippen LogP contribution in [0, 0.1) is 5.92 Å². The lowest BCUT2D eigenvalue weighted by Gasteiger charge is -2.24. The molecule has 1 nitrogen and oxygen atoms in total. The average molecular weight is 203 g/mol. The van der Waals surface area contributed by atoms with E-state index in [9.17, 15) is 0 Å². The van der Waals surface area contributed by atoms with Gasteiger partial charge >= 0.3 is 0 Å². The second-order valence-corrected chi connectivity index (χ2v) is 4.10. The first-order valence-electron chi connectivity index (χ1n) is 5.61. The second-order valence-electron chi connectivity index (χ2n) is 3.65. The zero-order valence-electron chi connectivity index (χ0n) is 9.42. The molecule has 0 aromatic heterocycles. The van der Waals surface area contributed by atoms with E-state index in [-0.39, 0.29) is 0 Å². The van der Waals surface area contributed by atoms with Crippen LogP contribution in [0.15, 0.2) is 0 Å². The number of nitrogens with zero attached hydrogens (tertiary/aromatic N) is 1. The van der Waals surface area contributed by atoms with Gasteiger partial charge in [-0.1, -0.05) is 27.2 Å². The predicted octanol–water partition coefficient (Wildman–Crippen LogP) is 3.06. The molecule has 0 rings (SSSR count). The molecule has 0 aromatic carbocycles. The molecule has 1 unspecified atom stereocenters. The fourth-order valence-corrected chi connectivity index (χ4v) is 2.13. The Morgan fingerprint density at radius 3 is 2.08 bits per heavy atom. The Morgan fingerprint density at radius 1 is 1.08 bits per heavy atom. The molecule has 0 aromatic rings. The Bertz CT molecular complexity index is 96.3. The van der Waals surface area contributed by atoms with Crippen LogP contribution in [0.4, 0.5) is 0 Å². The Labute approximate surface area is 89.3 Å². The molecule has 80 valence electrons. The maximum Gasteiger partial charge on any atom is 0.000972 e. The summed E-state index contributed by atoms with van der Waals surface area (Å²) in [5.74, 6) is 1.90. The maximum atomic E-state index is 4.32. The number of thiol groups is 1. The predicted molar refractivity (Wildman–Crippen MR) is 64.7 cm³/mol. The molecule has 1 atom stereocenters. The van der Waals surface area contributed by atoms with E-state index >= 15 is 0 Å². The quantitative estimate of drug-likeness (QED) is 0.593. The van der Waals surface area contributed by atoms with E-state index in [4.69, 9.17) is 0 Å². The van der Waals surface area contributed by atoms with Gasteiger partial charge in [0.2, 0.25) is 0 Å². The molecule has 0 N–H and O–H groups in total. The topological polar surface area (TPSA) is 3.24 Å². The van der Waals surface area contributed by atoms with Crippen molar-refractivity contribution < 1.29 is 0 Å². The van der Waals surface area contributed by atoms with Crippen molar-refractivity contribution in [2.75, 3.05) is 25.4 Å². The van der Waals surface area contributed by atoms with Crippen molar-refractivity contribution in [3.63, 3.8) is 0 Å². The third-order valence-corrected chi connectivity index (χ3v) is 2.90. The van der Waals surface area contributed by atoms with Gasteiger partial charge < -0.3 is 4.90 Å². The summed E-state index contributed by atoms with van der Waals surface area (Å²) in [4.78, 5) is 2.52. The average Bonchev–Trinajstić information content (AvgIpc) is 2.14. The van der Waals surface area contributed by atoms with Crippen LogP contribution in [0.2, 0.25) is 0 Å². The summed E-state index contributed by atoms with van der Waals surface area (Å²) >= 11 is 4.32. The van der Waals surface area contributed by atoms with E-state index in [0.29, 0.717) is 0 Å². The van der Waals surface area contributed by atoms with Gasteiger partial charge in [0, 0.05) is 6.54 Å². The van der Waals surface area contributed by atoms with Crippen molar-refractivity contribution >= 4 is 12.6 Å². The lowest BCUT2D eigenvalue weighted by Crippen LogP contribution is -2.29. The van der Waals surface area contributed by atoms with Crippen LogP contribution in [-0.2, 0) is 0 Å². The zero-order valence-corrected chi connectivity index (χ0v) is 10.3. The first-order chi connectivity index (χ1) is 6.28. The van der Waals surface area contributed by atoms with Crippen molar-refractivity contribution in [1.29, 1.82) is 0 Å². The fraction of sp³-hybridized carbons (Fsp3) is 1.00. The van der Waals surface area contributed by atoms with Gasteiger partial charge in [-0.3, -0.25) is 0 Å². The molecule has 2 heteroatoms. The fourth-order valence-electron chi connectivity index (χ4n) is 1.76. The summed E-state index contributed by atoms with van der Waals surface area (Å²) in [6.45, 7) is 10.4. The summed E-state index contributed by atoms with van der Waals surface area (Å²) in [6, 6.07) is 0. The third-order valence-electron chi connectivity index (χ3n) is 2.65. The molecule has 0 fully saturated rings. The van der Waals surface area contributed by atoms with E-state index in [2.05, 4.69) is 38.3 Å². The van der Waals surface area contributed by atoms with Gasteiger partial charge in [0.05, 0.1) is 0 Å². The molecule has 0 aliphatic heterocycles. The summed E-state index contributed by atoms with van der Waals surface area (Å²) in [5, 5.41) is 0. The minimum atomic E-state index is 0.863. The van der Waals surface area contributed by atoms with Gasteiger partial charge in [-0.15, -0.1) is 0 Å². The molecule has 13 heavy (non-hydrogen) atoms. The molecule has 0 amide bonds. The maximum absolute atomic E-state index is 4.32. The van der Waals surface area contributed by atoms with Gasteiger partial charge in [0.1, 0.15) is 0 Å². The lowest BCUT2D eigenvalue weighted by atomic mass is 10.00. The summed E-state index contributed by atoms with van der Waals surface area (Å²) in [5.41, 5.74) is 0. The highest BCUT2D eigenvalue weighted by Crippen LogP contribution is 2.13. The van der Waals surface area contributed by atoms with Crippen LogP contribution in [-0.4, -0.2) is 30.3 Å². The zero-order chi connectivity index (χ0) is 10.1. The normalized spacial score (nSPS) is 13.6. The molecule has 0 heterocycles. The molecule has 0 bridgehead atoms. The van der Waals surface area contributed by atoms with E-state index in [1.54, 1.807) is 0 Å². The monoisotopic (exact) mass is 203 g/mol. The Kier molecular flexibility index (Phi) is 9.10. The number of hydrogen-bond donors (Lipinski definition) is 1. The van der Waals surface area contributed by atoms with Gasteiger partial charge in [-0.2, -0.15) is 12.6 Å². The van der Waals surface area contributed by atoms with Crippen molar-refractivity contribution in [3.05, 3.63) is 0 Å². The minimum absolute atomic E-state index is 0.863. The van der Waals surface area contributed by atoms with Crippen LogP contribution >= 0.6 is 12.6 Å². The minimum Gasteiger partial charge on any atom is -0.304 e. The van der Waals surface area contributed by atoms with Gasteiger partial charge in [-0.05, 0) is 37.6 Å². The summed E-state index contributed by atoms with van der Waals surface area (Å²) < 4.78 is 0.